The van der Waals surface area contributed by atoms with Crippen molar-refractivity contribution in [3.05, 3.63) is 35.4 Å². The van der Waals surface area contributed by atoms with Gasteiger partial charge in [-0.3, -0.25) is 4.79 Å². The summed E-state index contributed by atoms with van der Waals surface area (Å²) in [4.78, 5) is 11.4. The number of carbonyl (C=O) groups is 1. The fourth-order valence-corrected chi connectivity index (χ4v) is 1.35. The minimum Gasteiger partial charge on any atom is -0.295 e. The summed E-state index contributed by atoms with van der Waals surface area (Å²) in [6.45, 7) is 1.02. The number of benzene rings is 1. The molecule has 0 saturated carbocycles. The highest BCUT2D eigenvalue weighted by molar-refractivity contribution is 5.95. The molecule has 0 radical (unpaired) electrons. The van der Waals surface area contributed by atoms with E-state index in [1.54, 1.807) is 12.1 Å². The van der Waals surface area contributed by atoms with Crippen LogP contribution in [0.4, 0.5) is 13.2 Å². The number of Topliss-reactive ketones (excluding diaryl/α,β-unsaturated/α-hetero) is 1. The Kier molecular flexibility index (Phi) is 3.70. The van der Waals surface area contributed by atoms with Crippen LogP contribution in [0.25, 0.3) is 0 Å². The first kappa shape index (κ1) is 12.7. The molecule has 0 N–H and O–H groups in total. The number of nitrogens with zero attached hydrogens (tertiary/aromatic N) is 1. The van der Waals surface area contributed by atoms with E-state index in [1.807, 2.05) is 0 Å². The second kappa shape index (κ2) is 4.65. The first-order chi connectivity index (χ1) is 7.32. The predicted molar refractivity (Wildman–Crippen MR) is 54.0 cm³/mol. The van der Waals surface area contributed by atoms with Gasteiger partial charge in [0.15, 0.2) is 5.78 Å². The smallest absolute Gasteiger partial charge is 0.295 e. The maximum atomic E-state index is 12.3. The highest BCUT2D eigenvalue weighted by Crippen LogP contribution is 2.22. The van der Waals surface area contributed by atoms with Crippen LogP contribution in [0.3, 0.4) is 0 Å². The Morgan fingerprint density at radius 1 is 1.31 bits per heavy atom. The van der Waals surface area contributed by atoms with Crippen LogP contribution >= 0.6 is 0 Å². The van der Waals surface area contributed by atoms with Crippen LogP contribution in [0.15, 0.2) is 24.3 Å². The quantitative estimate of drug-likeness (QED) is 0.589. The van der Waals surface area contributed by atoms with E-state index in [4.69, 9.17) is 0 Å². The Bertz CT molecular complexity index is 387. The molecule has 0 aliphatic heterocycles. The fourth-order valence-electron chi connectivity index (χ4n) is 1.35. The Balaban J connectivity index is 2.93. The SMILES string of the molecule is CC(=O)c1ccccc1CN(C)C(F)(F)F. The predicted octanol–water partition coefficient (Wildman–Crippen LogP) is 2.84. The second-order valence-electron chi connectivity index (χ2n) is 3.54. The maximum Gasteiger partial charge on any atom is 0.459 e. The highest BCUT2D eigenvalue weighted by Gasteiger charge is 2.34. The van der Waals surface area contributed by atoms with E-state index in [2.05, 4.69) is 0 Å². The summed E-state index contributed by atoms with van der Waals surface area (Å²) in [6.07, 6.45) is -4.39. The summed E-state index contributed by atoms with van der Waals surface area (Å²) in [5.41, 5.74) is 0.716. The molecule has 0 saturated heterocycles. The number of alkyl halides is 3. The van der Waals surface area contributed by atoms with Crippen molar-refractivity contribution in [3.63, 3.8) is 0 Å². The molecular weight excluding hydrogens is 219 g/mol. The van der Waals surface area contributed by atoms with Gasteiger partial charge < -0.3 is 0 Å². The van der Waals surface area contributed by atoms with E-state index < -0.39 is 6.30 Å². The van der Waals surface area contributed by atoms with Crippen molar-refractivity contribution in [2.45, 2.75) is 19.8 Å². The molecule has 0 aliphatic carbocycles. The number of carbonyl (C=O) groups excluding carboxylic acids is 1. The third-order valence-electron chi connectivity index (χ3n) is 2.24. The lowest BCUT2D eigenvalue weighted by Crippen LogP contribution is -2.33. The van der Waals surface area contributed by atoms with Crippen molar-refractivity contribution in [2.24, 2.45) is 0 Å². The molecule has 5 heteroatoms. The topological polar surface area (TPSA) is 20.3 Å². The van der Waals surface area contributed by atoms with E-state index in [1.165, 1.54) is 19.1 Å². The third-order valence-corrected chi connectivity index (χ3v) is 2.24. The van der Waals surface area contributed by atoms with Crippen molar-refractivity contribution >= 4 is 5.78 Å². The third kappa shape index (κ3) is 3.06. The second-order valence-corrected chi connectivity index (χ2v) is 3.54. The van der Waals surface area contributed by atoms with Crippen LogP contribution in [0, 0.1) is 0 Å². The van der Waals surface area contributed by atoms with Crippen LogP contribution < -0.4 is 0 Å². The van der Waals surface area contributed by atoms with Crippen LogP contribution in [-0.4, -0.2) is 24.0 Å². The van der Waals surface area contributed by atoms with Crippen molar-refractivity contribution in [1.29, 1.82) is 0 Å². The summed E-state index contributed by atoms with van der Waals surface area (Å²) in [6, 6.07) is 6.31. The van der Waals surface area contributed by atoms with Crippen LogP contribution in [0.2, 0.25) is 0 Å². The monoisotopic (exact) mass is 231 g/mol. The molecule has 1 aromatic carbocycles. The van der Waals surface area contributed by atoms with Gasteiger partial charge in [0, 0.05) is 12.1 Å². The van der Waals surface area contributed by atoms with Gasteiger partial charge in [-0.1, -0.05) is 24.3 Å². The minimum atomic E-state index is -4.39. The van der Waals surface area contributed by atoms with Crippen molar-refractivity contribution in [1.82, 2.24) is 4.90 Å². The molecule has 0 fully saturated rings. The van der Waals surface area contributed by atoms with Gasteiger partial charge in [0.1, 0.15) is 0 Å². The highest BCUT2D eigenvalue weighted by atomic mass is 19.4. The Labute approximate surface area is 91.7 Å². The molecule has 0 atom stereocenters. The molecule has 1 rings (SSSR count). The summed E-state index contributed by atoms with van der Waals surface area (Å²) < 4.78 is 36.9. The van der Waals surface area contributed by atoms with Crippen LogP contribution in [0.1, 0.15) is 22.8 Å². The number of hydrogen-bond acceptors (Lipinski definition) is 2. The Hall–Kier alpha value is -1.36. The minimum absolute atomic E-state index is 0.230. The van der Waals surface area contributed by atoms with E-state index in [-0.39, 0.29) is 17.2 Å². The molecule has 0 amide bonds. The van der Waals surface area contributed by atoms with E-state index in [9.17, 15) is 18.0 Å². The van der Waals surface area contributed by atoms with E-state index in [0.29, 0.717) is 11.1 Å². The molecule has 2 nitrogen and oxygen atoms in total. The molecule has 0 aromatic heterocycles. The summed E-state index contributed by atoms with van der Waals surface area (Å²) >= 11 is 0. The molecule has 88 valence electrons. The van der Waals surface area contributed by atoms with E-state index >= 15 is 0 Å². The molecule has 0 spiro atoms. The van der Waals surface area contributed by atoms with Gasteiger partial charge in [0.05, 0.1) is 0 Å². The van der Waals surface area contributed by atoms with Crippen molar-refractivity contribution < 1.29 is 18.0 Å². The van der Waals surface area contributed by atoms with Gasteiger partial charge >= 0.3 is 6.30 Å². The lowest BCUT2D eigenvalue weighted by Gasteiger charge is -2.20. The zero-order valence-corrected chi connectivity index (χ0v) is 9.01. The van der Waals surface area contributed by atoms with Crippen molar-refractivity contribution in [3.8, 4) is 0 Å². The molecule has 0 heterocycles. The zero-order chi connectivity index (χ0) is 12.3. The maximum absolute atomic E-state index is 12.3. The summed E-state index contributed by atoms with van der Waals surface area (Å²) in [5, 5.41) is 0. The van der Waals surface area contributed by atoms with Gasteiger partial charge in [-0.25, -0.2) is 4.90 Å². The Morgan fingerprint density at radius 2 is 1.88 bits per heavy atom. The molecule has 0 unspecified atom stereocenters. The number of ketones is 1. The number of halogens is 3. The lowest BCUT2D eigenvalue weighted by atomic mass is 10.0. The average Bonchev–Trinajstić information content (AvgIpc) is 2.16. The molecule has 0 aliphatic rings. The first-order valence-electron chi connectivity index (χ1n) is 4.69. The van der Waals surface area contributed by atoms with Gasteiger partial charge in [-0.2, -0.15) is 13.2 Å². The largest absolute Gasteiger partial charge is 0.459 e. The summed E-state index contributed by atoms with van der Waals surface area (Å²) in [5.74, 6) is -0.230. The van der Waals surface area contributed by atoms with Crippen LogP contribution in [-0.2, 0) is 6.54 Å². The van der Waals surface area contributed by atoms with Gasteiger partial charge in [-0.15, -0.1) is 0 Å². The fraction of sp³-hybridized carbons (Fsp3) is 0.364. The van der Waals surface area contributed by atoms with Crippen LogP contribution in [0.5, 0.6) is 0 Å². The van der Waals surface area contributed by atoms with E-state index in [0.717, 1.165) is 7.05 Å². The van der Waals surface area contributed by atoms with Gasteiger partial charge in [0.2, 0.25) is 0 Å². The van der Waals surface area contributed by atoms with Gasteiger partial charge in [-0.05, 0) is 19.5 Å². The number of hydrogen-bond donors (Lipinski definition) is 0. The zero-order valence-electron chi connectivity index (χ0n) is 9.01. The van der Waals surface area contributed by atoms with Gasteiger partial charge in [0.25, 0.3) is 0 Å². The molecule has 1 aromatic rings. The Morgan fingerprint density at radius 3 is 2.38 bits per heavy atom. The average molecular weight is 231 g/mol. The normalized spacial score (nSPS) is 11.9. The lowest BCUT2D eigenvalue weighted by molar-refractivity contribution is -0.240. The summed E-state index contributed by atoms with van der Waals surface area (Å²) in [7, 11) is 0.955. The standard InChI is InChI=1S/C11H12F3NO/c1-8(16)10-6-4-3-5-9(10)7-15(2)11(12,13)14/h3-6H,7H2,1-2H3. The number of rotatable bonds is 3. The molecular formula is C11H12F3NO. The molecule has 16 heavy (non-hydrogen) atoms. The molecule has 0 bridgehead atoms. The van der Waals surface area contributed by atoms with Crippen molar-refractivity contribution in [2.75, 3.05) is 7.05 Å². The first-order valence-corrected chi connectivity index (χ1v) is 4.69.